The molecule has 0 saturated heterocycles. The molecule has 0 fully saturated rings. The fraction of sp³-hybridized carbons (Fsp3) is 0.250. The fourth-order valence-corrected chi connectivity index (χ4v) is 1.02. The first-order chi connectivity index (χ1) is 8.17. The summed E-state index contributed by atoms with van der Waals surface area (Å²) in [6, 6.07) is 3.02. The summed E-state index contributed by atoms with van der Waals surface area (Å²) in [5, 5.41) is 0. The van der Waals surface area contributed by atoms with Crippen LogP contribution < -0.4 is 0 Å². The smallest absolute Gasteiger partial charge is 0.338 e. The third-order valence-electron chi connectivity index (χ3n) is 1.86. The maximum absolute atomic E-state index is 11.2. The number of rotatable bonds is 2. The second-order valence-corrected chi connectivity index (χ2v) is 2.98. The van der Waals surface area contributed by atoms with E-state index >= 15 is 0 Å². The van der Waals surface area contributed by atoms with Crippen LogP contribution >= 0.6 is 0 Å². The first-order valence-electron chi connectivity index (χ1n) is 4.77. The second-order valence-electron chi connectivity index (χ2n) is 2.98. The molecule has 1 rings (SSSR count). The molecule has 88 valence electrons. The molecule has 5 heteroatoms. The molecular formula is C12H11NO4. The average molecular weight is 233 g/mol. The summed E-state index contributed by atoms with van der Waals surface area (Å²) in [6.45, 7) is 0. The Balaban J connectivity index is 2.78. The van der Waals surface area contributed by atoms with Crippen molar-refractivity contribution in [2.24, 2.45) is 0 Å². The van der Waals surface area contributed by atoms with Gasteiger partial charge in [0.25, 0.3) is 0 Å². The molecule has 0 atom stereocenters. The molecule has 1 aromatic heterocycles. The third kappa shape index (κ3) is 3.95. The van der Waals surface area contributed by atoms with Gasteiger partial charge in [0.05, 0.1) is 19.8 Å². The number of aromatic nitrogens is 1. The van der Waals surface area contributed by atoms with Gasteiger partial charge < -0.3 is 9.47 Å². The van der Waals surface area contributed by atoms with E-state index in [1.807, 2.05) is 0 Å². The number of pyridine rings is 1. The van der Waals surface area contributed by atoms with E-state index in [0.717, 1.165) is 0 Å². The first kappa shape index (κ1) is 12.7. The highest BCUT2D eigenvalue weighted by Crippen LogP contribution is 2.02. The molecule has 17 heavy (non-hydrogen) atoms. The highest BCUT2D eigenvalue weighted by molar-refractivity contribution is 5.89. The van der Waals surface area contributed by atoms with Crippen molar-refractivity contribution < 1.29 is 19.1 Å². The highest BCUT2D eigenvalue weighted by atomic mass is 16.5. The molecule has 0 N–H and O–H groups in total. The predicted octanol–water partition coefficient (Wildman–Crippen LogP) is 0.783. The van der Waals surface area contributed by atoms with E-state index in [9.17, 15) is 9.59 Å². The Morgan fingerprint density at radius 3 is 2.76 bits per heavy atom. The zero-order valence-electron chi connectivity index (χ0n) is 9.52. The molecule has 1 heterocycles. The van der Waals surface area contributed by atoms with Crippen LogP contribution in [0.1, 0.15) is 22.5 Å². The highest BCUT2D eigenvalue weighted by Gasteiger charge is 2.04. The van der Waals surface area contributed by atoms with Crippen LogP contribution in [0.2, 0.25) is 0 Å². The van der Waals surface area contributed by atoms with Crippen molar-refractivity contribution in [3.63, 3.8) is 0 Å². The van der Waals surface area contributed by atoms with Crippen molar-refractivity contribution in [1.29, 1.82) is 0 Å². The van der Waals surface area contributed by atoms with Gasteiger partial charge in [-0.05, 0) is 18.1 Å². The summed E-state index contributed by atoms with van der Waals surface area (Å²) in [5.74, 6) is 4.39. The van der Waals surface area contributed by atoms with Gasteiger partial charge in [-0.25, -0.2) is 9.78 Å². The summed E-state index contributed by atoms with van der Waals surface area (Å²) in [4.78, 5) is 26.0. The van der Waals surface area contributed by atoms with Crippen molar-refractivity contribution >= 4 is 11.9 Å². The quantitative estimate of drug-likeness (QED) is 0.558. The van der Waals surface area contributed by atoms with E-state index in [1.54, 1.807) is 0 Å². The predicted molar refractivity (Wildman–Crippen MR) is 59.1 cm³/mol. The molecule has 1 aromatic rings. The lowest BCUT2D eigenvalue weighted by atomic mass is 10.2. The van der Waals surface area contributed by atoms with Crippen molar-refractivity contribution in [1.82, 2.24) is 4.98 Å². The molecule has 0 amide bonds. The summed E-state index contributed by atoms with van der Waals surface area (Å²) >= 11 is 0. The fourth-order valence-electron chi connectivity index (χ4n) is 1.02. The number of ether oxygens (including phenoxy) is 2. The zero-order valence-corrected chi connectivity index (χ0v) is 9.52. The number of carbonyl (C=O) groups excluding carboxylic acids is 2. The first-order valence-corrected chi connectivity index (χ1v) is 4.77. The van der Waals surface area contributed by atoms with Gasteiger partial charge in [0.1, 0.15) is 12.1 Å². The summed E-state index contributed by atoms with van der Waals surface area (Å²) < 4.78 is 8.99. The minimum absolute atomic E-state index is 0.0133. The van der Waals surface area contributed by atoms with E-state index in [1.165, 1.54) is 32.5 Å². The molecule has 0 bridgehead atoms. The van der Waals surface area contributed by atoms with Gasteiger partial charge in [0.15, 0.2) is 0 Å². The normalized spacial score (nSPS) is 8.82. The molecular weight excluding hydrogens is 222 g/mol. The number of esters is 2. The SMILES string of the molecule is COC(=O)CC#Cc1cc(C(=O)OC)ccn1. The topological polar surface area (TPSA) is 65.5 Å². The maximum atomic E-state index is 11.2. The van der Waals surface area contributed by atoms with Crippen LogP contribution in [0.4, 0.5) is 0 Å². The maximum Gasteiger partial charge on any atom is 0.338 e. The third-order valence-corrected chi connectivity index (χ3v) is 1.86. The Labute approximate surface area is 98.8 Å². The van der Waals surface area contributed by atoms with Crippen molar-refractivity contribution in [2.45, 2.75) is 6.42 Å². The van der Waals surface area contributed by atoms with Gasteiger partial charge in [-0.3, -0.25) is 4.79 Å². The van der Waals surface area contributed by atoms with Gasteiger partial charge in [-0.15, -0.1) is 0 Å². The number of carbonyl (C=O) groups is 2. The molecule has 0 aliphatic rings. The Hall–Kier alpha value is -2.35. The van der Waals surface area contributed by atoms with Crippen LogP contribution in [0.5, 0.6) is 0 Å². The number of hydrogen-bond acceptors (Lipinski definition) is 5. The lowest BCUT2D eigenvalue weighted by molar-refractivity contribution is -0.139. The van der Waals surface area contributed by atoms with Crippen LogP contribution in [0.3, 0.4) is 0 Å². The Kier molecular flexibility index (Phi) is 4.70. The summed E-state index contributed by atoms with van der Waals surface area (Å²) in [5.41, 5.74) is 0.765. The van der Waals surface area contributed by atoms with Crippen molar-refractivity contribution in [3.8, 4) is 11.8 Å². The molecule has 0 aliphatic carbocycles. The molecule has 0 unspecified atom stereocenters. The molecule has 0 saturated carbocycles. The zero-order chi connectivity index (χ0) is 12.7. The molecule has 0 aliphatic heterocycles. The van der Waals surface area contributed by atoms with E-state index in [2.05, 4.69) is 26.3 Å². The van der Waals surface area contributed by atoms with Crippen LogP contribution in [0, 0.1) is 11.8 Å². The Morgan fingerprint density at radius 2 is 2.12 bits per heavy atom. The molecule has 0 aromatic carbocycles. The van der Waals surface area contributed by atoms with E-state index in [0.29, 0.717) is 11.3 Å². The van der Waals surface area contributed by atoms with Crippen molar-refractivity contribution in [2.75, 3.05) is 14.2 Å². The number of nitrogens with zero attached hydrogens (tertiary/aromatic N) is 1. The van der Waals surface area contributed by atoms with Crippen molar-refractivity contribution in [3.05, 3.63) is 29.6 Å². The largest absolute Gasteiger partial charge is 0.468 e. The van der Waals surface area contributed by atoms with E-state index in [4.69, 9.17) is 0 Å². The van der Waals surface area contributed by atoms with Gasteiger partial charge >= 0.3 is 11.9 Å². The van der Waals surface area contributed by atoms with Crippen LogP contribution in [0.15, 0.2) is 18.3 Å². The second kappa shape index (κ2) is 6.28. The molecule has 5 nitrogen and oxygen atoms in total. The molecule has 0 radical (unpaired) electrons. The minimum Gasteiger partial charge on any atom is -0.468 e. The van der Waals surface area contributed by atoms with Gasteiger partial charge in [0.2, 0.25) is 0 Å². The van der Waals surface area contributed by atoms with Gasteiger partial charge in [-0.1, -0.05) is 5.92 Å². The monoisotopic (exact) mass is 233 g/mol. The lowest BCUT2D eigenvalue weighted by Gasteiger charge is -1.98. The van der Waals surface area contributed by atoms with Crippen LogP contribution in [-0.4, -0.2) is 31.1 Å². The Morgan fingerprint density at radius 1 is 1.35 bits per heavy atom. The van der Waals surface area contributed by atoms with Crippen LogP contribution in [-0.2, 0) is 14.3 Å². The average Bonchev–Trinajstić information content (AvgIpc) is 2.38. The Bertz CT molecular complexity index is 485. The van der Waals surface area contributed by atoms with E-state index in [-0.39, 0.29) is 6.42 Å². The van der Waals surface area contributed by atoms with Crippen LogP contribution in [0.25, 0.3) is 0 Å². The summed E-state index contributed by atoms with van der Waals surface area (Å²) in [6.07, 6.45) is 1.44. The standard InChI is InChI=1S/C12H11NO4/c1-16-11(14)5-3-4-10-8-9(6-7-13-10)12(15)17-2/h6-8H,5H2,1-2H3. The summed E-state index contributed by atoms with van der Waals surface area (Å²) in [7, 11) is 2.59. The minimum atomic E-state index is -0.455. The number of methoxy groups -OCH3 is 2. The van der Waals surface area contributed by atoms with Gasteiger partial charge in [-0.2, -0.15) is 0 Å². The molecule has 0 spiro atoms. The lowest BCUT2D eigenvalue weighted by Crippen LogP contribution is -2.02. The van der Waals surface area contributed by atoms with Gasteiger partial charge in [0, 0.05) is 6.20 Å². The van der Waals surface area contributed by atoms with E-state index < -0.39 is 11.9 Å². The number of hydrogen-bond donors (Lipinski definition) is 0.